The molecular formula is C27H33N3O5. The summed E-state index contributed by atoms with van der Waals surface area (Å²) < 4.78 is 16.3. The molecule has 0 bridgehead atoms. The second-order valence-electron chi connectivity index (χ2n) is 8.63. The summed E-state index contributed by atoms with van der Waals surface area (Å²) in [5, 5.41) is 15.7. The van der Waals surface area contributed by atoms with Gasteiger partial charge in [-0.3, -0.25) is 14.6 Å². The zero-order chi connectivity index (χ0) is 24.6. The van der Waals surface area contributed by atoms with Crippen molar-refractivity contribution in [1.29, 1.82) is 0 Å². The zero-order valence-corrected chi connectivity index (χ0v) is 20.3. The molecule has 3 aromatic carbocycles. The van der Waals surface area contributed by atoms with E-state index in [2.05, 4.69) is 15.1 Å². The number of benzene rings is 3. The van der Waals surface area contributed by atoms with E-state index in [1.54, 1.807) is 32.4 Å². The smallest absolute Gasteiger partial charge is 0.238 e. The zero-order valence-electron chi connectivity index (χ0n) is 20.3. The van der Waals surface area contributed by atoms with Crippen molar-refractivity contribution >= 4 is 22.4 Å². The van der Waals surface area contributed by atoms with E-state index in [9.17, 15) is 9.90 Å². The van der Waals surface area contributed by atoms with E-state index in [1.165, 1.54) is 0 Å². The Morgan fingerprint density at radius 1 is 0.943 bits per heavy atom. The minimum atomic E-state index is -0.646. The molecule has 0 saturated carbocycles. The number of nitrogens with zero attached hydrogens (tertiary/aromatic N) is 2. The molecule has 1 heterocycles. The topological polar surface area (TPSA) is 83.5 Å². The first-order chi connectivity index (χ1) is 17.1. The van der Waals surface area contributed by atoms with Crippen LogP contribution in [-0.2, 0) is 4.79 Å². The quantitative estimate of drug-likeness (QED) is 0.463. The Hall–Kier alpha value is -3.33. The first kappa shape index (κ1) is 24.8. The van der Waals surface area contributed by atoms with Gasteiger partial charge in [0.1, 0.15) is 18.5 Å². The number of fused-ring (bicyclic) bond motifs is 1. The lowest BCUT2D eigenvalue weighted by Crippen LogP contribution is -2.50. The average Bonchev–Trinajstić information content (AvgIpc) is 2.88. The van der Waals surface area contributed by atoms with Crippen LogP contribution in [-0.4, -0.2) is 87.0 Å². The maximum absolute atomic E-state index is 12.7. The van der Waals surface area contributed by atoms with Gasteiger partial charge in [-0.15, -0.1) is 0 Å². The number of aliphatic hydroxyl groups excluding tert-OH is 1. The first-order valence-electron chi connectivity index (χ1n) is 11.8. The van der Waals surface area contributed by atoms with Gasteiger partial charge in [-0.1, -0.05) is 36.4 Å². The molecule has 186 valence electrons. The van der Waals surface area contributed by atoms with E-state index < -0.39 is 6.10 Å². The van der Waals surface area contributed by atoms with Crippen LogP contribution in [0.3, 0.4) is 0 Å². The number of nitrogens with one attached hydrogen (secondary N) is 1. The van der Waals surface area contributed by atoms with E-state index in [-0.39, 0.29) is 12.5 Å². The summed E-state index contributed by atoms with van der Waals surface area (Å²) in [7, 11) is 3.17. The number of hydrogen-bond acceptors (Lipinski definition) is 7. The fourth-order valence-corrected chi connectivity index (χ4v) is 4.29. The van der Waals surface area contributed by atoms with Crippen LogP contribution in [0.1, 0.15) is 0 Å². The number of rotatable bonds is 10. The lowest BCUT2D eigenvalue weighted by Gasteiger charge is -2.35. The molecule has 0 radical (unpaired) electrons. The molecule has 4 rings (SSSR count). The number of aliphatic hydroxyl groups is 1. The Bertz CT molecular complexity index is 1130. The number of carbonyl (C=O) groups is 1. The summed E-state index contributed by atoms with van der Waals surface area (Å²) in [6.45, 7) is 4.08. The van der Waals surface area contributed by atoms with E-state index >= 15 is 0 Å². The molecule has 1 amide bonds. The molecule has 0 spiro atoms. The normalized spacial score (nSPS) is 15.5. The van der Waals surface area contributed by atoms with Gasteiger partial charge in [0, 0.05) is 49.9 Å². The third-order valence-electron chi connectivity index (χ3n) is 6.17. The molecular weight excluding hydrogens is 446 g/mol. The Balaban J connectivity index is 1.21. The van der Waals surface area contributed by atoms with Gasteiger partial charge >= 0.3 is 0 Å². The fraction of sp³-hybridized carbons (Fsp3) is 0.370. The second kappa shape index (κ2) is 11.9. The molecule has 35 heavy (non-hydrogen) atoms. The second-order valence-corrected chi connectivity index (χ2v) is 8.63. The molecule has 1 fully saturated rings. The Morgan fingerprint density at radius 3 is 2.46 bits per heavy atom. The number of amides is 1. The van der Waals surface area contributed by atoms with Crippen LogP contribution in [0.15, 0.2) is 60.7 Å². The van der Waals surface area contributed by atoms with Crippen molar-refractivity contribution in [2.45, 2.75) is 6.10 Å². The highest BCUT2D eigenvalue weighted by molar-refractivity contribution is 6.02. The van der Waals surface area contributed by atoms with Crippen LogP contribution in [0.2, 0.25) is 0 Å². The molecule has 0 aromatic heterocycles. The van der Waals surface area contributed by atoms with Gasteiger partial charge in [0.2, 0.25) is 5.91 Å². The molecule has 0 aliphatic carbocycles. The summed E-state index contributed by atoms with van der Waals surface area (Å²) in [5.41, 5.74) is 0.836. The minimum absolute atomic E-state index is 0.0181. The lowest BCUT2D eigenvalue weighted by atomic mass is 10.1. The summed E-state index contributed by atoms with van der Waals surface area (Å²) >= 11 is 0. The third kappa shape index (κ3) is 6.63. The Kier molecular flexibility index (Phi) is 8.41. The fourth-order valence-electron chi connectivity index (χ4n) is 4.29. The van der Waals surface area contributed by atoms with Crippen molar-refractivity contribution in [2.24, 2.45) is 0 Å². The van der Waals surface area contributed by atoms with Gasteiger partial charge in [0.25, 0.3) is 0 Å². The van der Waals surface area contributed by atoms with Gasteiger partial charge in [-0.05, 0) is 23.6 Å². The number of β-amino-alcohol motifs (C(OH)–C–C–N with tert-alkyl or cyclic N) is 1. The molecule has 1 unspecified atom stereocenters. The van der Waals surface area contributed by atoms with E-state index in [4.69, 9.17) is 14.2 Å². The van der Waals surface area contributed by atoms with E-state index in [1.807, 2.05) is 42.5 Å². The summed E-state index contributed by atoms with van der Waals surface area (Å²) in [6, 6.07) is 19.3. The van der Waals surface area contributed by atoms with Gasteiger partial charge in [0.05, 0.1) is 20.8 Å². The molecule has 3 aromatic rings. The van der Waals surface area contributed by atoms with Crippen LogP contribution >= 0.6 is 0 Å². The summed E-state index contributed by atoms with van der Waals surface area (Å²) in [5.74, 6) is 1.77. The number of carbonyl (C=O) groups excluding carboxylic acids is 1. The van der Waals surface area contributed by atoms with Gasteiger partial charge in [0.15, 0.2) is 11.5 Å². The van der Waals surface area contributed by atoms with Crippen molar-refractivity contribution in [3.63, 3.8) is 0 Å². The highest BCUT2D eigenvalue weighted by atomic mass is 16.5. The van der Waals surface area contributed by atoms with Crippen molar-refractivity contribution in [2.75, 3.05) is 65.4 Å². The number of ether oxygens (including phenoxy) is 3. The maximum Gasteiger partial charge on any atom is 0.238 e. The maximum atomic E-state index is 12.7. The van der Waals surface area contributed by atoms with Crippen LogP contribution in [0.4, 0.5) is 5.69 Å². The van der Waals surface area contributed by atoms with Crippen molar-refractivity contribution in [3.8, 4) is 17.2 Å². The monoisotopic (exact) mass is 479 g/mol. The third-order valence-corrected chi connectivity index (χ3v) is 6.17. The van der Waals surface area contributed by atoms with E-state index in [0.717, 1.165) is 42.6 Å². The lowest BCUT2D eigenvalue weighted by molar-refractivity contribution is -0.117. The van der Waals surface area contributed by atoms with Crippen molar-refractivity contribution in [1.82, 2.24) is 9.80 Å². The largest absolute Gasteiger partial charge is 0.497 e. The molecule has 1 atom stereocenters. The van der Waals surface area contributed by atoms with Crippen LogP contribution in [0.5, 0.6) is 17.2 Å². The molecule has 1 aliphatic rings. The summed E-state index contributed by atoms with van der Waals surface area (Å²) in [4.78, 5) is 17.0. The molecule has 1 saturated heterocycles. The van der Waals surface area contributed by atoms with Gasteiger partial charge in [-0.2, -0.15) is 0 Å². The highest BCUT2D eigenvalue weighted by Gasteiger charge is 2.21. The number of hydrogen-bond donors (Lipinski definition) is 2. The molecule has 2 N–H and O–H groups in total. The average molecular weight is 480 g/mol. The predicted molar refractivity (Wildman–Crippen MR) is 137 cm³/mol. The number of methoxy groups -OCH3 is 2. The first-order valence-corrected chi connectivity index (χ1v) is 11.8. The Labute approximate surface area is 206 Å². The number of piperazine rings is 1. The SMILES string of the molecule is COc1ccc(OC)c(OCC(O)CN2CCN(CC(=O)Nc3cccc4ccccc34)CC2)c1. The Morgan fingerprint density at radius 2 is 1.69 bits per heavy atom. The van der Waals surface area contributed by atoms with Gasteiger partial charge < -0.3 is 24.6 Å². The van der Waals surface area contributed by atoms with Crippen LogP contribution in [0, 0.1) is 0 Å². The summed E-state index contributed by atoms with van der Waals surface area (Å²) in [6.07, 6.45) is -0.646. The van der Waals surface area contributed by atoms with E-state index in [0.29, 0.717) is 30.3 Å². The highest BCUT2D eigenvalue weighted by Crippen LogP contribution is 2.31. The van der Waals surface area contributed by atoms with Crippen molar-refractivity contribution < 1.29 is 24.1 Å². The van der Waals surface area contributed by atoms with Crippen LogP contribution < -0.4 is 19.5 Å². The number of anilines is 1. The molecule has 8 nitrogen and oxygen atoms in total. The molecule has 1 aliphatic heterocycles. The minimum Gasteiger partial charge on any atom is -0.497 e. The predicted octanol–water partition coefficient (Wildman–Crippen LogP) is 2.85. The molecule has 8 heteroatoms. The standard InChI is InChI=1S/C27H33N3O5/c1-33-22-10-11-25(34-2)26(16-22)35-19-21(31)17-29-12-14-30(15-13-29)18-27(32)28-24-9-5-7-20-6-3-4-8-23(20)24/h3-11,16,21,31H,12-15,17-19H2,1-2H3,(H,28,32). The van der Waals surface area contributed by atoms with Gasteiger partial charge in [-0.25, -0.2) is 0 Å². The van der Waals surface area contributed by atoms with Crippen molar-refractivity contribution in [3.05, 3.63) is 60.7 Å². The van der Waals surface area contributed by atoms with Crippen LogP contribution in [0.25, 0.3) is 10.8 Å².